The van der Waals surface area contributed by atoms with Crippen LogP contribution in [0.15, 0.2) is 59.1 Å². The van der Waals surface area contributed by atoms with Gasteiger partial charge in [0.15, 0.2) is 0 Å². The molecule has 1 unspecified atom stereocenters. The summed E-state index contributed by atoms with van der Waals surface area (Å²) < 4.78 is 5.46. The number of anilines is 1. The predicted octanol–water partition coefficient (Wildman–Crippen LogP) is 4.57. The predicted molar refractivity (Wildman–Crippen MR) is 111 cm³/mol. The van der Waals surface area contributed by atoms with Crippen molar-refractivity contribution in [2.45, 2.75) is 12.3 Å². The van der Waals surface area contributed by atoms with Gasteiger partial charge in [0.05, 0.1) is 36.3 Å². The van der Waals surface area contributed by atoms with Crippen LogP contribution in [0.3, 0.4) is 0 Å². The number of nitriles is 1. The van der Waals surface area contributed by atoms with E-state index in [2.05, 4.69) is 11.0 Å². The molecule has 2 aromatic rings. The van der Waals surface area contributed by atoms with Gasteiger partial charge in [0, 0.05) is 28.6 Å². The van der Waals surface area contributed by atoms with Gasteiger partial charge in [-0.1, -0.05) is 47.6 Å². The van der Waals surface area contributed by atoms with Crippen LogP contribution < -0.4 is 9.64 Å². The summed E-state index contributed by atoms with van der Waals surface area (Å²) in [5.41, 5.74) is 2.46. The number of carbonyl (C=O) groups excluding carboxylic acids is 1. The van der Waals surface area contributed by atoms with Crippen LogP contribution in [0.5, 0.6) is 5.75 Å². The minimum absolute atomic E-state index is 0.00383. The summed E-state index contributed by atoms with van der Waals surface area (Å²) in [5, 5.41) is 11.3. The van der Waals surface area contributed by atoms with Crippen LogP contribution in [0.4, 0.5) is 5.69 Å². The second kappa shape index (κ2) is 7.78. The topological polar surface area (TPSA) is 56.6 Å². The van der Waals surface area contributed by atoms with Gasteiger partial charge in [0.25, 0.3) is 0 Å². The number of ether oxygens (including phenoxy) is 1. The van der Waals surface area contributed by atoms with Crippen LogP contribution in [0, 0.1) is 11.3 Å². The maximum atomic E-state index is 13.0. The number of halogens is 1. The molecule has 2 heterocycles. The molecule has 4 rings (SSSR count). The van der Waals surface area contributed by atoms with Gasteiger partial charge >= 0.3 is 0 Å². The molecule has 1 saturated heterocycles. The molecule has 2 aromatic carbocycles. The quantitative estimate of drug-likeness (QED) is 0.740. The molecular formula is C21H18ClN3O2S. The first kappa shape index (κ1) is 18.7. The maximum Gasteiger partial charge on any atom is 0.229 e. The Kier molecular flexibility index (Phi) is 5.21. The highest BCUT2D eigenvalue weighted by Gasteiger charge is 2.39. The summed E-state index contributed by atoms with van der Waals surface area (Å²) in [7, 11) is 1.60. The lowest BCUT2D eigenvalue weighted by Gasteiger charge is -2.42. The van der Waals surface area contributed by atoms with Crippen molar-refractivity contribution in [2.75, 3.05) is 24.6 Å². The Hall–Kier alpha value is -2.62. The molecule has 2 aliphatic heterocycles. The molecule has 0 bridgehead atoms. The van der Waals surface area contributed by atoms with Crippen LogP contribution in [0.2, 0.25) is 5.02 Å². The van der Waals surface area contributed by atoms with Gasteiger partial charge in [0.1, 0.15) is 5.75 Å². The number of hydrogen-bond donors (Lipinski definition) is 0. The lowest BCUT2D eigenvalue weighted by Crippen LogP contribution is -2.47. The van der Waals surface area contributed by atoms with Crippen LogP contribution >= 0.6 is 23.4 Å². The number of benzene rings is 2. The highest BCUT2D eigenvalue weighted by atomic mass is 35.5. The van der Waals surface area contributed by atoms with Gasteiger partial charge in [-0.3, -0.25) is 9.69 Å². The molecule has 0 aliphatic carbocycles. The van der Waals surface area contributed by atoms with Crippen molar-refractivity contribution in [3.63, 3.8) is 0 Å². The first-order valence-corrected chi connectivity index (χ1v) is 10.2. The number of hydrogen-bond acceptors (Lipinski definition) is 5. The van der Waals surface area contributed by atoms with E-state index in [-0.39, 0.29) is 18.2 Å². The fraction of sp³-hybridized carbons (Fsp3) is 0.238. The van der Waals surface area contributed by atoms with Crippen molar-refractivity contribution in [1.82, 2.24) is 4.90 Å². The van der Waals surface area contributed by atoms with Crippen LogP contribution in [0.25, 0.3) is 0 Å². The smallest absolute Gasteiger partial charge is 0.229 e. The number of methoxy groups -OCH3 is 1. The largest absolute Gasteiger partial charge is 0.496 e. The SMILES string of the molecule is COc1ccccc1C1CC(=O)N2CN(c3cccc(Cl)c3)CSC2=C1C#N. The van der Waals surface area contributed by atoms with Gasteiger partial charge in [-0.2, -0.15) is 5.26 Å². The lowest BCUT2D eigenvalue weighted by molar-refractivity contribution is -0.129. The molecule has 0 spiro atoms. The van der Waals surface area contributed by atoms with Gasteiger partial charge in [-0.15, -0.1) is 0 Å². The van der Waals surface area contributed by atoms with E-state index in [1.54, 1.807) is 12.0 Å². The fourth-order valence-corrected chi connectivity index (χ4v) is 4.97. The third kappa shape index (κ3) is 3.32. The van der Waals surface area contributed by atoms with Crippen molar-refractivity contribution < 1.29 is 9.53 Å². The average molecular weight is 412 g/mol. The van der Waals surface area contributed by atoms with Gasteiger partial charge in [-0.05, 0) is 24.3 Å². The monoisotopic (exact) mass is 411 g/mol. The Bertz CT molecular complexity index is 1000. The second-order valence-electron chi connectivity index (χ2n) is 6.59. The Morgan fingerprint density at radius 3 is 2.82 bits per heavy atom. The first-order valence-electron chi connectivity index (χ1n) is 8.83. The molecule has 1 fully saturated rings. The van der Waals surface area contributed by atoms with E-state index in [0.29, 0.717) is 28.9 Å². The summed E-state index contributed by atoms with van der Waals surface area (Å²) >= 11 is 7.62. The number of thioether (sulfide) groups is 1. The third-order valence-corrected chi connectivity index (χ3v) is 6.37. The molecule has 0 saturated carbocycles. The molecule has 142 valence electrons. The zero-order valence-corrected chi connectivity index (χ0v) is 16.8. The second-order valence-corrected chi connectivity index (χ2v) is 7.96. The summed E-state index contributed by atoms with van der Waals surface area (Å²) in [6, 6.07) is 17.5. The van der Waals surface area contributed by atoms with Gasteiger partial charge in [-0.25, -0.2) is 0 Å². The summed E-state index contributed by atoms with van der Waals surface area (Å²) in [5.74, 6) is 1.06. The summed E-state index contributed by atoms with van der Waals surface area (Å²) in [6.45, 7) is 0.408. The van der Waals surface area contributed by atoms with E-state index in [1.807, 2.05) is 48.5 Å². The van der Waals surface area contributed by atoms with Crippen molar-refractivity contribution in [3.05, 3.63) is 69.7 Å². The molecule has 7 heteroatoms. The van der Waals surface area contributed by atoms with Crippen LogP contribution in [-0.4, -0.2) is 30.5 Å². The highest BCUT2D eigenvalue weighted by Crippen LogP contribution is 2.45. The maximum absolute atomic E-state index is 13.0. The van der Waals surface area contributed by atoms with Crippen molar-refractivity contribution in [1.29, 1.82) is 5.26 Å². The number of para-hydroxylation sites is 1. The fourth-order valence-electron chi connectivity index (χ4n) is 3.62. The number of nitrogens with zero attached hydrogens (tertiary/aromatic N) is 3. The molecule has 5 nitrogen and oxygen atoms in total. The van der Waals surface area contributed by atoms with Gasteiger partial charge in [0.2, 0.25) is 5.91 Å². The van der Waals surface area contributed by atoms with Crippen molar-refractivity contribution in [3.8, 4) is 11.8 Å². The normalized spacial score (nSPS) is 19.3. The highest BCUT2D eigenvalue weighted by molar-refractivity contribution is 8.03. The van der Waals surface area contributed by atoms with E-state index < -0.39 is 0 Å². The zero-order valence-electron chi connectivity index (χ0n) is 15.3. The molecule has 28 heavy (non-hydrogen) atoms. The number of carbonyl (C=O) groups is 1. The molecule has 1 amide bonds. The molecule has 2 aliphatic rings. The molecule has 0 aromatic heterocycles. The Balaban J connectivity index is 1.69. The summed E-state index contributed by atoms with van der Waals surface area (Å²) in [6.07, 6.45) is 0.247. The number of fused-ring (bicyclic) bond motifs is 1. The van der Waals surface area contributed by atoms with Crippen LogP contribution in [-0.2, 0) is 4.79 Å². The van der Waals surface area contributed by atoms with E-state index in [4.69, 9.17) is 16.3 Å². The Morgan fingerprint density at radius 1 is 1.25 bits per heavy atom. The lowest BCUT2D eigenvalue weighted by atomic mass is 9.86. The van der Waals surface area contributed by atoms with Gasteiger partial charge < -0.3 is 9.64 Å². The number of amides is 1. The standard InChI is InChI=1S/C21H18ClN3O2S/c1-27-19-8-3-2-7-16(19)17-10-20(26)25-12-24(13-28-21(25)18(17)11-23)15-6-4-5-14(22)9-15/h2-9,17H,10,12-13H2,1H3. The minimum atomic E-state index is -0.287. The number of allylic oxidation sites excluding steroid dienone is 1. The molecule has 0 radical (unpaired) electrons. The average Bonchev–Trinajstić information content (AvgIpc) is 2.73. The van der Waals surface area contributed by atoms with Crippen molar-refractivity contribution >= 4 is 35.0 Å². The van der Waals surface area contributed by atoms with Crippen LogP contribution in [0.1, 0.15) is 17.9 Å². The summed E-state index contributed by atoms with van der Waals surface area (Å²) in [4.78, 5) is 16.8. The molecule has 1 atom stereocenters. The van der Waals surface area contributed by atoms with E-state index in [9.17, 15) is 10.1 Å². The molecular weight excluding hydrogens is 394 g/mol. The minimum Gasteiger partial charge on any atom is -0.496 e. The Morgan fingerprint density at radius 2 is 2.07 bits per heavy atom. The van der Waals surface area contributed by atoms with Crippen molar-refractivity contribution in [2.24, 2.45) is 0 Å². The van der Waals surface area contributed by atoms with E-state index in [0.717, 1.165) is 16.3 Å². The zero-order chi connectivity index (χ0) is 19.7. The third-order valence-electron chi connectivity index (χ3n) is 4.98. The Labute approximate surface area is 173 Å². The first-order chi connectivity index (χ1) is 13.6. The van der Waals surface area contributed by atoms with E-state index >= 15 is 0 Å². The molecule has 0 N–H and O–H groups in total. The number of rotatable bonds is 3. The van der Waals surface area contributed by atoms with E-state index in [1.165, 1.54) is 11.8 Å².